The van der Waals surface area contributed by atoms with Crippen LogP contribution in [0.15, 0.2) is 64.0 Å². The predicted molar refractivity (Wildman–Crippen MR) is 88.8 cm³/mol. The zero-order chi connectivity index (χ0) is 16.6. The number of hydrogen-bond acceptors (Lipinski definition) is 4. The fourth-order valence-electron chi connectivity index (χ4n) is 2.04. The van der Waals surface area contributed by atoms with Gasteiger partial charge < -0.3 is 5.73 Å². The summed E-state index contributed by atoms with van der Waals surface area (Å²) in [7, 11) is -3.98. The molecule has 0 aliphatic carbocycles. The third-order valence-corrected chi connectivity index (χ3v) is 5.33. The van der Waals surface area contributed by atoms with Crippen LogP contribution in [0.1, 0.15) is 0 Å². The number of halogens is 2. The van der Waals surface area contributed by atoms with E-state index in [9.17, 15) is 12.8 Å². The molecule has 1 heterocycles. The standard InChI is InChI=1S/C15H11BrFN3O2S/c16-11-3-1-10(2-4-11)14-9-15(18)20(19-14)23(21,22)13-7-5-12(17)6-8-13/h1-9H,18H2. The summed E-state index contributed by atoms with van der Waals surface area (Å²) in [6.45, 7) is 0. The van der Waals surface area contributed by atoms with E-state index in [4.69, 9.17) is 5.73 Å². The van der Waals surface area contributed by atoms with Crippen LogP contribution in [0.5, 0.6) is 0 Å². The lowest BCUT2D eigenvalue weighted by Gasteiger charge is -2.05. The Morgan fingerprint density at radius 1 is 1.04 bits per heavy atom. The van der Waals surface area contributed by atoms with Crippen LogP contribution < -0.4 is 5.73 Å². The number of anilines is 1. The minimum Gasteiger partial charge on any atom is -0.383 e. The largest absolute Gasteiger partial charge is 0.383 e. The summed E-state index contributed by atoms with van der Waals surface area (Å²) in [4.78, 5) is -0.0870. The molecule has 0 radical (unpaired) electrons. The fraction of sp³-hybridized carbons (Fsp3) is 0. The number of nitrogens with zero attached hydrogens (tertiary/aromatic N) is 2. The average molecular weight is 396 g/mol. The van der Waals surface area contributed by atoms with Crippen molar-refractivity contribution >= 4 is 31.8 Å². The van der Waals surface area contributed by atoms with Crippen molar-refractivity contribution in [1.29, 1.82) is 0 Å². The average Bonchev–Trinajstić information content (AvgIpc) is 2.91. The zero-order valence-electron chi connectivity index (χ0n) is 11.6. The number of rotatable bonds is 3. The highest BCUT2D eigenvalue weighted by Gasteiger charge is 2.22. The van der Waals surface area contributed by atoms with Crippen molar-refractivity contribution in [3.8, 4) is 11.3 Å². The number of nitrogen functional groups attached to an aromatic ring is 1. The van der Waals surface area contributed by atoms with E-state index in [0.717, 1.165) is 26.3 Å². The Balaban J connectivity index is 2.07. The molecule has 0 atom stereocenters. The van der Waals surface area contributed by atoms with Gasteiger partial charge in [-0.15, -0.1) is 4.09 Å². The lowest BCUT2D eigenvalue weighted by atomic mass is 10.2. The molecule has 23 heavy (non-hydrogen) atoms. The molecule has 0 amide bonds. The molecule has 0 saturated heterocycles. The molecule has 5 nitrogen and oxygen atoms in total. The summed E-state index contributed by atoms with van der Waals surface area (Å²) in [6.07, 6.45) is 0. The Morgan fingerprint density at radius 3 is 2.26 bits per heavy atom. The first-order valence-electron chi connectivity index (χ1n) is 6.50. The normalized spacial score (nSPS) is 11.6. The smallest absolute Gasteiger partial charge is 0.284 e. The molecule has 3 aromatic rings. The summed E-state index contributed by atoms with van der Waals surface area (Å²) in [5.74, 6) is -0.541. The second kappa shape index (κ2) is 5.78. The maximum Gasteiger partial charge on any atom is 0.284 e. The molecule has 1 aromatic heterocycles. The molecule has 3 rings (SSSR count). The topological polar surface area (TPSA) is 78.0 Å². The summed E-state index contributed by atoms with van der Waals surface area (Å²) in [6, 6.07) is 13.2. The van der Waals surface area contributed by atoms with Crippen molar-refractivity contribution in [3.63, 3.8) is 0 Å². The van der Waals surface area contributed by atoms with Gasteiger partial charge >= 0.3 is 0 Å². The van der Waals surface area contributed by atoms with Gasteiger partial charge in [0.1, 0.15) is 11.6 Å². The maximum atomic E-state index is 13.0. The molecule has 0 bridgehead atoms. The molecule has 0 spiro atoms. The summed E-state index contributed by atoms with van der Waals surface area (Å²) >= 11 is 3.33. The van der Waals surface area contributed by atoms with E-state index < -0.39 is 15.8 Å². The summed E-state index contributed by atoms with van der Waals surface area (Å²) in [5.41, 5.74) is 6.96. The van der Waals surface area contributed by atoms with E-state index in [1.54, 1.807) is 12.1 Å². The third kappa shape index (κ3) is 2.99. The highest BCUT2D eigenvalue weighted by Crippen LogP contribution is 2.25. The zero-order valence-corrected chi connectivity index (χ0v) is 14.1. The van der Waals surface area contributed by atoms with Crippen LogP contribution in [0.4, 0.5) is 10.2 Å². The number of hydrogen-bond donors (Lipinski definition) is 1. The molecule has 118 valence electrons. The Morgan fingerprint density at radius 2 is 1.65 bits per heavy atom. The molecule has 0 unspecified atom stereocenters. The van der Waals surface area contributed by atoms with Gasteiger partial charge in [-0.05, 0) is 36.4 Å². The molecule has 0 aliphatic rings. The Bertz CT molecular complexity index is 951. The van der Waals surface area contributed by atoms with Gasteiger partial charge in [-0.25, -0.2) is 4.39 Å². The van der Waals surface area contributed by atoms with E-state index in [1.165, 1.54) is 18.2 Å². The van der Waals surface area contributed by atoms with E-state index in [0.29, 0.717) is 5.69 Å². The lowest BCUT2D eigenvalue weighted by molar-refractivity contribution is 0.580. The first kappa shape index (κ1) is 15.7. The molecular formula is C15H11BrFN3O2S. The highest BCUT2D eigenvalue weighted by atomic mass is 79.9. The van der Waals surface area contributed by atoms with Gasteiger partial charge in [0.2, 0.25) is 0 Å². The molecule has 2 aromatic carbocycles. The quantitative estimate of drug-likeness (QED) is 0.737. The predicted octanol–water partition coefficient (Wildman–Crippen LogP) is 3.27. The summed E-state index contributed by atoms with van der Waals surface area (Å²) < 4.78 is 39.7. The van der Waals surface area contributed by atoms with E-state index in [-0.39, 0.29) is 10.7 Å². The van der Waals surface area contributed by atoms with Gasteiger partial charge in [-0.1, -0.05) is 28.1 Å². The van der Waals surface area contributed by atoms with E-state index >= 15 is 0 Å². The highest BCUT2D eigenvalue weighted by molar-refractivity contribution is 9.10. The summed E-state index contributed by atoms with van der Waals surface area (Å²) in [5, 5.41) is 4.07. The minimum absolute atomic E-state index is 0.0211. The van der Waals surface area contributed by atoms with Crippen molar-refractivity contribution in [3.05, 3.63) is 64.9 Å². The van der Waals surface area contributed by atoms with Crippen LogP contribution in [0, 0.1) is 5.82 Å². The first-order valence-corrected chi connectivity index (χ1v) is 8.74. The molecule has 0 saturated carbocycles. The Labute approximate surface area is 140 Å². The monoisotopic (exact) mass is 395 g/mol. The molecular weight excluding hydrogens is 385 g/mol. The van der Waals surface area contributed by atoms with Crippen LogP contribution in [-0.4, -0.2) is 17.6 Å². The number of benzene rings is 2. The molecule has 2 N–H and O–H groups in total. The Hall–Kier alpha value is -2.19. The SMILES string of the molecule is Nc1cc(-c2ccc(Br)cc2)nn1S(=O)(=O)c1ccc(F)cc1. The van der Waals surface area contributed by atoms with Crippen LogP contribution in [0.3, 0.4) is 0 Å². The van der Waals surface area contributed by atoms with Crippen molar-refractivity contribution in [2.45, 2.75) is 4.90 Å². The maximum absolute atomic E-state index is 13.0. The van der Waals surface area contributed by atoms with Crippen LogP contribution in [0.2, 0.25) is 0 Å². The van der Waals surface area contributed by atoms with E-state index in [2.05, 4.69) is 21.0 Å². The van der Waals surface area contributed by atoms with Gasteiger partial charge in [-0.3, -0.25) is 0 Å². The van der Waals surface area contributed by atoms with Crippen molar-refractivity contribution < 1.29 is 12.8 Å². The number of nitrogens with two attached hydrogens (primary N) is 1. The van der Waals surface area contributed by atoms with Gasteiger partial charge in [0.15, 0.2) is 0 Å². The van der Waals surface area contributed by atoms with Crippen molar-refractivity contribution in [2.75, 3.05) is 5.73 Å². The van der Waals surface area contributed by atoms with Crippen LogP contribution >= 0.6 is 15.9 Å². The molecule has 0 aliphatic heterocycles. The van der Waals surface area contributed by atoms with Crippen molar-refractivity contribution in [1.82, 2.24) is 9.19 Å². The van der Waals surface area contributed by atoms with Crippen molar-refractivity contribution in [2.24, 2.45) is 0 Å². The minimum atomic E-state index is -3.98. The first-order chi connectivity index (χ1) is 10.9. The van der Waals surface area contributed by atoms with Crippen LogP contribution in [-0.2, 0) is 10.0 Å². The fourth-order valence-corrected chi connectivity index (χ4v) is 3.51. The lowest BCUT2D eigenvalue weighted by Crippen LogP contribution is -2.16. The molecule has 8 heteroatoms. The van der Waals surface area contributed by atoms with Gasteiger partial charge in [0.25, 0.3) is 10.0 Å². The van der Waals surface area contributed by atoms with Gasteiger partial charge in [0.05, 0.1) is 10.6 Å². The second-order valence-electron chi connectivity index (χ2n) is 4.76. The van der Waals surface area contributed by atoms with Crippen LogP contribution in [0.25, 0.3) is 11.3 Å². The molecule has 0 fully saturated rings. The third-order valence-electron chi connectivity index (χ3n) is 3.18. The number of aromatic nitrogens is 2. The van der Waals surface area contributed by atoms with Gasteiger partial charge in [0, 0.05) is 16.1 Å². The van der Waals surface area contributed by atoms with E-state index in [1.807, 2.05) is 12.1 Å². The second-order valence-corrected chi connectivity index (χ2v) is 7.45. The Kier molecular flexibility index (Phi) is 3.95. The van der Waals surface area contributed by atoms with Gasteiger partial charge in [-0.2, -0.15) is 13.5 Å².